The molecule has 0 unspecified atom stereocenters. The third-order valence-corrected chi connectivity index (χ3v) is 1.38. The highest BCUT2D eigenvalue weighted by Crippen LogP contribution is 1.92. The van der Waals surface area contributed by atoms with Crippen molar-refractivity contribution in [2.45, 2.75) is 53.4 Å². The second kappa shape index (κ2) is 10.3. The topological polar surface area (TPSA) is 34.1 Å². The molecule has 72 valence electrons. The maximum absolute atomic E-state index is 10.2. The monoisotopic (exact) mass is 172 g/mol. The quantitative estimate of drug-likeness (QED) is 0.653. The van der Waals surface area contributed by atoms with Crippen LogP contribution in [-0.2, 0) is 9.59 Å². The lowest BCUT2D eigenvalue weighted by molar-refractivity contribution is -0.117. The van der Waals surface area contributed by atoms with Crippen LogP contribution in [0.4, 0.5) is 0 Å². The summed E-state index contributed by atoms with van der Waals surface area (Å²) in [4.78, 5) is 20.0. The lowest BCUT2D eigenvalue weighted by Gasteiger charge is -1.86. The fourth-order valence-electron chi connectivity index (χ4n) is 0.426. The van der Waals surface area contributed by atoms with E-state index in [-0.39, 0.29) is 5.78 Å². The summed E-state index contributed by atoms with van der Waals surface area (Å²) in [6.45, 7) is 7.15. The second-order valence-corrected chi connectivity index (χ2v) is 2.86. The van der Waals surface area contributed by atoms with E-state index in [1.807, 2.05) is 6.92 Å². The van der Waals surface area contributed by atoms with Gasteiger partial charge in [0, 0.05) is 12.8 Å². The minimum atomic E-state index is 0.255. The molecule has 2 heteroatoms. The number of hydrogen-bond acceptors (Lipinski definition) is 2. The zero-order valence-corrected chi connectivity index (χ0v) is 8.64. The summed E-state index contributed by atoms with van der Waals surface area (Å²) >= 11 is 0. The third-order valence-electron chi connectivity index (χ3n) is 1.38. The minimum absolute atomic E-state index is 0.255. The number of unbranched alkanes of at least 4 members (excludes halogenated alkanes) is 1. The Bertz CT molecular complexity index is 128. The Labute approximate surface area is 75.4 Å². The van der Waals surface area contributed by atoms with Gasteiger partial charge in [-0.15, -0.1) is 0 Å². The Morgan fingerprint density at radius 3 is 1.50 bits per heavy atom. The Morgan fingerprint density at radius 2 is 1.42 bits per heavy atom. The first-order valence-electron chi connectivity index (χ1n) is 4.53. The molecule has 0 aromatic heterocycles. The Morgan fingerprint density at radius 1 is 1.00 bits per heavy atom. The number of rotatable bonds is 4. The summed E-state index contributed by atoms with van der Waals surface area (Å²) in [6.07, 6.45) is 3.60. The molecule has 0 aliphatic carbocycles. The van der Waals surface area contributed by atoms with Gasteiger partial charge in [-0.05, 0) is 20.3 Å². The maximum atomic E-state index is 10.2. The smallest absolute Gasteiger partial charge is 0.129 e. The molecule has 0 amide bonds. The fraction of sp³-hybridized carbons (Fsp3) is 0.800. The van der Waals surface area contributed by atoms with E-state index >= 15 is 0 Å². The van der Waals surface area contributed by atoms with Crippen LogP contribution < -0.4 is 0 Å². The first-order valence-corrected chi connectivity index (χ1v) is 4.53. The molecule has 0 rings (SSSR count). The second-order valence-electron chi connectivity index (χ2n) is 2.86. The summed E-state index contributed by atoms with van der Waals surface area (Å²) in [5.74, 6) is 0.562. The van der Waals surface area contributed by atoms with Gasteiger partial charge in [-0.3, -0.25) is 0 Å². The van der Waals surface area contributed by atoms with Gasteiger partial charge in [0.05, 0.1) is 0 Å². The first-order chi connectivity index (χ1) is 5.54. The molecule has 0 saturated carbocycles. The number of ketones is 2. The molecular weight excluding hydrogens is 152 g/mol. The van der Waals surface area contributed by atoms with E-state index in [4.69, 9.17) is 0 Å². The highest BCUT2D eigenvalue weighted by molar-refractivity contribution is 5.75. The Balaban J connectivity index is 0. The largest absolute Gasteiger partial charge is 0.300 e. The number of hydrogen-bond donors (Lipinski definition) is 0. The van der Waals surface area contributed by atoms with Crippen molar-refractivity contribution < 1.29 is 9.59 Å². The van der Waals surface area contributed by atoms with E-state index in [0.717, 1.165) is 19.3 Å². The molecule has 0 saturated heterocycles. The molecule has 0 aromatic rings. The maximum Gasteiger partial charge on any atom is 0.129 e. The molecular formula is C10H20O2. The number of carbonyl (C=O) groups excluding carboxylic acids is 2. The number of carbonyl (C=O) groups is 2. The van der Waals surface area contributed by atoms with Gasteiger partial charge in [-0.2, -0.15) is 0 Å². The van der Waals surface area contributed by atoms with Crippen LogP contribution in [0.5, 0.6) is 0 Å². The van der Waals surface area contributed by atoms with Crippen molar-refractivity contribution in [3.63, 3.8) is 0 Å². The van der Waals surface area contributed by atoms with Crippen LogP contribution in [-0.4, -0.2) is 11.6 Å². The van der Waals surface area contributed by atoms with Crippen LogP contribution in [0.1, 0.15) is 53.4 Å². The standard InChI is InChI=1S/C6H12O.C4H8O/c1-3-4-5-6(2)7;1-3-4(2)5/h3-5H2,1-2H3;3H2,1-2H3. The van der Waals surface area contributed by atoms with Crippen LogP contribution in [0.2, 0.25) is 0 Å². The van der Waals surface area contributed by atoms with Gasteiger partial charge in [-0.1, -0.05) is 20.3 Å². The van der Waals surface area contributed by atoms with Crippen molar-refractivity contribution in [2.75, 3.05) is 0 Å². The lowest BCUT2D eigenvalue weighted by Crippen LogP contribution is -1.86. The van der Waals surface area contributed by atoms with E-state index in [2.05, 4.69) is 6.92 Å². The van der Waals surface area contributed by atoms with E-state index in [1.165, 1.54) is 0 Å². The van der Waals surface area contributed by atoms with Crippen molar-refractivity contribution in [3.8, 4) is 0 Å². The summed E-state index contributed by atoms with van der Waals surface area (Å²) in [5, 5.41) is 0. The molecule has 0 spiro atoms. The normalized spacial score (nSPS) is 8.33. The molecule has 0 aliphatic rings. The lowest BCUT2D eigenvalue weighted by atomic mass is 10.2. The van der Waals surface area contributed by atoms with E-state index in [0.29, 0.717) is 12.2 Å². The molecule has 0 aliphatic heterocycles. The van der Waals surface area contributed by atoms with Crippen molar-refractivity contribution in [3.05, 3.63) is 0 Å². The molecule has 0 N–H and O–H groups in total. The summed E-state index contributed by atoms with van der Waals surface area (Å²) in [5.41, 5.74) is 0. The van der Waals surface area contributed by atoms with Crippen molar-refractivity contribution in [1.82, 2.24) is 0 Å². The predicted octanol–water partition coefficient (Wildman–Crippen LogP) is 2.75. The molecule has 0 bridgehead atoms. The number of Topliss-reactive ketones (excluding diaryl/α,β-unsaturated/α-hetero) is 2. The average molecular weight is 172 g/mol. The molecule has 0 heterocycles. The van der Waals surface area contributed by atoms with Crippen molar-refractivity contribution in [1.29, 1.82) is 0 Å². The van der Waals surface area contributed by atoms with Gasteiger partial charge in [0.15, 0.2) is 0 Å². The molecule has 0 radical (unpaired) electrons. The van der Waals surface area contributed by atoms with Crippen molar-refractivity contribution in [2.24, 2.45) is 0 Å². The zero-order chi connectivity index (χ0) is 9.98. The molecule has 0 fully saturated rings. The summed E-state index contributed by atoms with van der Waals surface area (Å²) < 4.78 is 0. The molecule has 0 aromatic carbocycles. The van der Waals surface area contributed by atoms with Gasteiger partial charge < -0.3 is 9.59 Å². The highest BCUT2D eigenvalue weighted by Gasteiger charge is 1.87. The van der Waals surface area contributed by atoms with Crippen molar-refractivity contribution >= 4 is 11.6 Å². The highest BCUT2D eigenvalue weighted by atomic mass is 16.1. The van der Waals surface area contributed by atoms with Gasteiger partial charge in [0.2, 0.25) is 0 Å². The first kappa shape index (κ1) is 13.9. The third kappa shape index (κ3) is 22.8. The van der Waals surface area contributed by atoms with Crippen LogP contribution >= 0.6 is 0 Å². The molecule has 2 nitrogen and oxygen atoms in total. The van der Waals surface area contributed by atoms with Crippen LogP contribution in [0.3, 0.4) is 0 Å². The van der Waals surface area contributed by atoms with Gasteiger partial charge >= 0.3 is 0 Å². The van der Waals surface area contributed by atoms with Crippen LogP contribution in [0.25, 0.3) is 0 Å². The van der Waals surface area contributed by atoms with E-state index in [9.17, 15) is 9.59 Å². The SMILES string of the molecule is CCC(C)=O.CCCCC(C)=O. The van der Waals surface area contributed by atoms with E-state index in [1.54, 1.807) is 13.8 Å². The molecule has 12 heavy (non-hydrogen) atoms. The Hall–Kier alpha value is -0.660. The van der Waals surface area contributed by atoms with Crippen LogP contribution in [0, 0.1) is 0 Å². The predicted molar refractivity (Wildman–Crippen MR) is 51.2 cm³/mol. The van der Waals surface area contributed by atoms with Gasteiger partial charge in [0.1, 0.15) is 11.6 Å². The zero-order valence-electron chi connectivity index (χ0n) is 8.64. The van der Waals surface area contributed by atoms with Gasteiger partial charge in [-0.25, -0.2) is 0 Å². The van der Waals surface area contributed by atoms with E-state index < -0.39 is 0 Å². The summed E-state index contributed by atoms with van der Waals surface area (Å²) in [6, 6.07) is 0. The Kier molecular flexibility index (Phi) is 12.0. The average Bonchev–Trinajstić information content (AvgIpc) is 2.02. The van der Waals surface area contributed by atoms with Gasteiger partial charge in [0.25, 0.3) is 0 Å². The summed E-state index contributed by atoms with van der Waals surface area (Å²) in [7, 11) is 0. The van der Waals surface area contributed by atoms with Crippen LogP contribution in [0.15, 0.2) is 0 Å². The fourth-order valence-corrected chi connectivity index (χ4v) is 0.426. The molecule has 0 atom stereocenters. The minimum Gasteiger partial charge on any atom is -0.300 e.